The summed E-state index contributed by atoms with van der Waals surface area (Å²) < 4.78 is 0. The lowest BCUT2D eigenvalue weighted by atomic mass is 10.2. The molecule has 18 heavy (non-hydrogen) atoms. The zero-order valence-corrected chi connectivity index (χ0v) is 11.4. The lowest BCUT2D eigenvalue weighted by Crippen LogP contribution is -2.38. The van der Waals surface area contributed by atoms with E-state index >= 15 is 0 Å². The van der Waals surface area contributed by atoms with Crippen LogP contribution in [0.15, 0.2) is 18.2 Å². The van der Waals surface area contributed by atoms with Crippen molar-refractivity contribution in [3.8, 4) is 0 Å². The largest absolute Gasteiger partial charge is 0.313 e. The molecule has 3 nitrogen and oxygen atoms in total. The van der Waals surface area contributed by atoms with Crippen LogP contribution < -0.4 is 5.32 Å². The Morgan fingerprint density at radius 2 is 2.22 bits per heavy atom. The SMILES string of the molecule is Clc1cccc(CN(CC2CCCN2)C2CC2)n1. The Labute approximate surface area is 114 Å². The summed E-state index contributed by atoms with van der Waals surface area (Å²) in [7, 11) is 0. The summed E-state index contributed by atoms with van der Waals surface area (Å²) in [6.45, 7) is 3.26. The summed E-state index contributed by atoms with van der Waals surface area (Å²) in [5.74, 6) is 0. The van der Waals surface area contributed by atoms with Gasteiger partial charge in [0.1, 0.15) is 5.15 Å². The third kappa shape index (κ3) is 3.22. The molecular formula is C14H20ClN3. The van der Waals surface area contributed by atoms with Crippen molar-refractivity contribution in [1.29, 1.82) is 0 Å². The fraction of sp³-hybridized carbons (Fsp3) is 0.643. The Hall–Kier alpha value is -0.640. The lowest BCUT2D eigenvalue weighted by molar-refractivity contribution is 0.228. The Morgan fingerprint density at radius 3 is 2.89 bits per heavy atom. The van der Waals surface area contributed by atoms with E-state index in [1.807, 2.05) is 12.1 Å². The second-order valence-corrected chi connectivity index (χ2v) is 5.79. The van der Waals surface area contributed by atoms with Gasteiger partial charge in [0.15, 0.2) is 0 Å². The van der Waals surface area contributed by atoms with Gasteiger partial charge in [0, 0.05) is 25.2 Å². The van der Waals surface area contributed by atoms with E-state index in [1.54, 1.807) is 0 Å². The number of hydrogen-bond donors (Lipinski definition) is 1. The first-order valence-electron chi connectivity index (χ1n) is 6.90. The standard InChI is InChI=1S/C14H20ClN3/c15-14-5-1-3-12(17-14)10-18(13-6-7-13)9-11-4-2-8-16-11/h1,3,5,11,13,16H,2,4,6-10H2. The van der Waals surface area contributed by atoms with Crippen molar-refractivity contribution in [2.45, 2.75) is 44.3 Å². The van der Waals surface area contributed by atoms with Crippen molar-refractivity contribution in [1.82, 2.24) is 15.2 Å². The fourth-order valence-corrected chi connectivity index (χ4v) is 2.91. The zero-order chi connectivity index (χ0) is 12.4. The molecule has 1 atom stereocenters. The van der Waals surface area contributed by atoms with E-state index in [4.69, 9.17) is 11.6 Å². The Balaban J connectivity index is 1.62. The Kier molecular flexibility index (Phi) is 3.83. The maximum atomic E-state index is 5.95. The number of halogens is 1. The normalized spacial score (nSPS) is 23.8. The molecule has 0 aromatic carbocycles. The third-order valence-electron chi connectivity index (χ3n) is 3.82. The molecular weight excluding hydrogens is 246 g/mol. The minimum Gasteiger partial charge on any atom is -0.313 e. The van der Waals surface area contributed by atoms with Crippen LogP contribution in [0.25, 0.3) is 0 Å². The summed E-state index contributed by atoms with van der Waals surface area (Å²) in [5, 5.41) is 4.18. The fourth-order valence-electron chi connectivity index (χ4n) is 2.72. The van der Waals surface area contributed by atoms with Crippen LogP contribution in [0.5, 0.6) is 0 Å². The van der Waals surface area contributed by atoms with Gasteiger partial charge < -0.3 is 5.32 Å². The minimum absolute atomic E-state index is 0.599. The Morgan fingerprint density at radius 1 is 1.33 bits per heavy atom. The van der Waals surface area contributed by atoms with Gasteiger partial charge in [-0.1, -0.05) is 17.7 Å². The van der Waals surface area contributed by atoms with E-state index in [-0.39, 0.29) is 0 Å². The van der Waals surface area contributed by atoms with Crippen LogP contribution in [0.4, 0.5) is 0 Å². The van der Waals surface area contributed by atoms with E-state index in [0.29, 0.717) is 11.2 Å². The molecule has 0 spiro atoms. The minimum atomic E-state index is 0.599. The molecule has 2 heterocycles. The van der Waals surface area contributed by atoms with E-state index in [9.17, 15) is 0 Å². The van der Waals surface area contributed by atoms with Crippen molar-refractivity contribution in [2.75, 3.05) is 13.1 Å². The van der Waals surface area contributed by atoms with E-state index < -0.39 is 0 Å². The second-order valence-electron chi connectivity index (χ2n) is 5.41. The molecule has 1 saturated carbocycles. The smallest absolute Gasteiger partial charge is 0.129 e. The van der Waals surface area contributed by atoms with Gasteiger partial charge >= 0.3 is 0 Å². The molecule has 0 amide bonds. The first kappa shape index (κ1) is 12.4. The molecule has 1 unspecified atom stereocenters. The number of aromatic nitrogens is 1. The summed E-state index contributed by atoms with van der Waals surface area (Å²) in [5.41, 5.74) is 1.09. The summed E-state index contributed by atoms with van der Waals surface area (Å²) in [6, 6.07) is 7.34. The van der Waals surface area contributed by atoms with Crippen LogP contribution >= 0.6 is 11.6 Å². The van der Waals surface area contributed by atoms with Gasteiger partial charge in [-0.25, -0.2) is 4.98 Å². The first-order chi connectivity index (χ1) is 8.81. The number of rotatable bonds is 5. The van der Waals surface area contributed by atoms with E-state index in [1.165, 1.54) is 32.2 Å². The highest BCUT2D eigenvalue weighted by Gasteiger charge is 2.31. The molecule has 0 radical (unpaired) electrons. The summed E-state index contributed by atoms with van der Waals surface area (Å²) in [6.07, 6.45) is 5.31. The van der Waals surface area contributed by atoms with E-state index in [0.717, 1.165) is 24.8 Å². The van der Waals surface area contributed by atoms with Crippen molar-refractivity contribution in [3.05, 3.63) is 29.0 Å². The van der Waals surface area contributed by atoms with Crippen LogP contribution in [0.2, 0.25) is 5.15 Å². The van der Waals surface area contributed by atoms with Crippen LogP contribution in [-0.4, -0.2) is 35.1 Å². The molecule has 1 N–H and O–H groups in total. The number of nitrogens with one attached hydrogen (secondary N) is 1. The van der Waals surface area contributed by atoms with Gasteiger partial charge in [0.2, 0.25) is 0 Å². The molecule has 1 aliphatic heterocycles. The van der Waals surface area contributed by atoms with Gasteiger partial charge in [-0.3, -0.25) is 4.90 Å². The quantitative estimate of drug-likeness (QED) is 0.829. The van der Waals surface area contributed by atoms with Gasteiger partial charge in [-0.05, 0) is 44.4 Å². The van der Waals surface area contributed by atoms with Gasteiger partial charge in [0.25, 0.3) is 0 Å². The van der Waals surface area contributed by atoms with Gasteiger partial charge in [-0.2, -0.15) is 0 Å². The van der Waals surface area contributed by atoms with Gasteiger partial charge in [-0.15, -0.1) is 0 Å². The van der Waals surface area contributed by atoms with Crippen LogP contribution in [-0.2, 0) is 6.54 Å². The van der Waals surface area contributed by atoms with E-state index in [2.05, 4.69) is 21.3 Å². The van der Waals surface area contributed by atoms with Crippen LogP contribution in [0.3, 0.4) is 0 Å². The molecule has 3 rings (SSSR count). The van der Waals surface area contributed by atoms with Crippen LogP contribution in [0.1, 0.15) is 31.4 Å². The topological polar surface area (TPSA) is 28.2 Å². The zero-order valence-electron chi connectivity index (χ0n) is 10.6. The van der Waals surface area contributed by atoms with Crippen molar-refractivity contribution < 1.29 is 0 Å². The van der Waals surface area contributed by atoms with Crippen molar-refractivity contribution in [2.24, 2.45) is 0 Å². The maximum Gasteiger partial charge on any atom is 0.129 e. The second kappa shape index (κ2) is 5.55. The van der Waals surface area contributed by atoms with Crippen LogP contribution in [0, 0.1) is 0 Å². The number of pyridine rings is 1. The average Bonchev–Trinajstić information content (AvgIpc) is 3.08. The molecule has 2 aliphatic rings. The summed E-state index contributed by atoms with van der Waals surface area (Å²) >= 11 is 5.95. The maximum absolute atomic E-state index is 5.95. The Bertz CT molecular complexity index is 400. The average molecular weight is 266 g/mol. The number of nitrogens with zero attached hydrogens (tertiary/aromatic N) is 2. The molecule has 2 fully saturated rings. The molecule has 98 valence electrons. The van der Waals surface area contributed by atoms with Gasteiger partial charge in [0.05, 0.1) is 5.69 Å². The van der Waals surface area contributed by atoms with Crippen molar-refractivity contribution in [3.63, 3.8) is 0 Å². The summed E-state index contributed by atoms with van der Waals surface area (Å²) in [4.78, 5) is 6.97. The molecule has 1 aromatic rings. The highest BCUT2D eigenvalue weighted by atomic mass is 35.5. The molecule has 1 aliphatic carbocycles. The third-order valence-corrected chi connectivity index (χ3v) is 4.03. The highest BCUT2D eigenvalue weighted by molar-refractivity contribution is 6.29. The number of hydrogen-bond acceptors (Lipinski definition) is 3. The molecule has 1 aromatic heterocycles. The first-order valence-corrected chi connectivity index (χ1v) is 7.28. The molecule has 1 saturated heterocycles. The lowest BCUT2D eigenvalue weighted by Gasteiger charge is -2.25. The molecule has 0 bridgehead atoms. The highest BCUT2D eigenvalue weighted by Crippen LogP contribution is 2.29. The predicted molar refractivity (Wildman–Crippen MR) is 73.7 cm³/mol. The molecule has 4 heteroatoms. The predicted octanol–water partition coefficient (Wildman–Crippen LogP) is 2.45. The monoisotopic (exact) mass is 265 g/mol. The van der Waals surface area contributed by atoms with Crippen molar-refractivity contribution >= 4 is 11.6 Å².